The summed E-state index contributed by atoms with van der Waals surface area (Å²) in [5, 5.41) is 12.3. The van der Waals surface area contributed by atoms with Gasteiger partial charge in [0.1, 0.15) is 6.04 Å². The van der Waals surface area contributed by atoms with Crippen molar-refractivity contribution in [1.82, 2.24) is 5.32 Å². The molecule has 0 aliphatic carbocycles. The minimum Gasteiger partial charge on any atom is -0.480 e. The van der Waals surface area contributed by atoms with Crippen molar-refractivity contribution in [2.45, 2.75) is 33.2 Å². The molecule has 0 heterocycles. The number of carbonyl (C=O) groups is 2. The molecule has 1 aromatic rings. The first-order chi connectivity index (χ1) is 8.86. The molecular weight excluding hydrogens is 266 g/mol. The Bertz CT molecular complexity index is 488. The molecule has 0 radical (unpaired) electrons. The average Bonchev–Trinajstić information content (AvgIpc) is 2.37. The number of aryl methyl sites for hydroxylation is 1. The van der Waals surface area contributed by atoms with Gasteiger partial charge in [-0.3, -0.25) is 4.79 Å². The Labute approximate surface area is 117 Å². The number of carboxylic acids is 1. The smallest absolute Gasteiger partial charge is 0.326 e. The lowest BCUT2D eigenvalue weighted by atomic mass is 9.99. The van der Waals surface area contributed by atoms with Gasteiger partial charge in [-0.2, -0.15) is 0 Å². The van der Waals surface area contributed by atoms with E-state index in [0.717, 1.165) is 5.56 Å². The fraction of sp³-hybridized carbons (Fsp3) is 0.429. The average molecular weight is 284 g/mol. The van der Waals surface area contributed by atoms with E-state index < -0.39 is 17.9 Å². The predicted octanol–water partition coefficient (Wildman–Crippen LogP) is 2.88. The Morgan fingerprint density at radius 1 is 1.42 bits per heavy atom. The van der Waals surface area contributed by atoms with Crippen LogP contribution in [0.15, 0.2) is 18.2 Å². The van der Waals surface area contributed by atoms with Gasteiger partial charge in [-0.1, -0.05) is 31.9 Å². The minimum absolute atomic E-state index is 0.130. The minimum atomic E-state index is -1.02. The monoisotopic (exact) mass is 283 g/mol. The van der Waals surface area contributed by atoms with E-state index >= 15 is 0 Å². The van der Waals surface area contributed by atoms with Crippen LogP contribution in [0.1, 0.15) is 36.2 Å². The fourth-order valence-electron chi connectivity index (χ4n) is 1.69. The van der Waals surface area contributed by atoms with Crippen molar-refractivity contribution in [1.29, 1.82) is 0 Å². The highest BCUT2D eigenvalue weighted by atomic mass is 35.5. The van der Waals surface area contributed by atoms with Crippen LogP contribution in [-0.4, -0.2) is 23.0 Å². The van der Waals surface area contributed by atoms with E-state index in [2.05, 4.69) is 5.32 Å². The maximum Gasteiger partial charge on any atom is 0.326 e. The van der Waals surface area contributed by atoms with Crippen molar-refractivity contribution in [3.63, 3.8) is 0 Å². The molecular formula is C14H18ClNO3. The first-order valence-corrected chi connectivity index (χ1v) is 6.54. The quantitative estimate of drug-likeness (QED) is 0.873. The highest BCUT2D eigenvalue weighted by molar-refractivity contribution is 6.31. The van der Waals surface area contributed by atoms with Crippen LogP contribution in [0.3, 0.4) is 0 Å². The van der Waals surface area contributed by atoms with E-state index in [9.17, 15) is 9.59 Å². The molecule has 0 saturated heterocycles. The highest BCUT2D eigenvalue weighted by Crippen LogP contribution is 2.17. The van der Waals surface area contributed by atoms with E-state index in [1.165, 1.54) is 0 Å². The van der Waals surface area contributed by atoms with Crippen LogP contribution in [-0.2, 0) is 4.79 Å². The molecule has 0 fully saturated rings. The van der Waals surface area contributed by atoms with Crippen LogP contribution >= 0.6 is 11.6 Å². The van der Waals surface area contributed by atoms with Crippen LogP contribution in [0.2, 0.25) is 5.02 Å². The van der Waals surface area contributed by atoms with Crippen molar-refractivity contribution in [3.8, 4) is 0 Å². The van der Waals surface area contributed by atoms with Crippen molar-refractivity contribution in [2.24, 2.45) is 5.92 Å². The zero-order chi connectivity index (χ0) is 14.6. The topological polar surface area (TPSA) is 66.4 Å². The van der Waals surface area contributed by atoms with Gasteiger partial charge in [-0.15, -0.1) is 0 Å². The number of benzene rings is 1. The van der Waals surface area contributed by atoms with Crippen molar-refractivity contribution in [2.75, 3.05) is 0 Å². The van der Waals surface area contributed by atoms with Crippen LogP contribution < -0.4 is 5.32 Å². The number of nitrogens with one attached hydrogen (secondary N) is 1. The van der Waals surface area contributed by atoms with Gasteiger partial charge in [-0.25, -0.2) is 4.79 Å². The normalized spacial score (nSPS) is 13.7. The molecule has 4 nitrogen and oxygen atoms in total. The van der Waals surface area contributed by atoms with Gasteiger partial charge in [0.05, 0.1) is 0 Å². The fourth-order valence-corrected chi connectivity index (χ4v) is 1.81. The Kier molecular flexibility index (Phi) is 5.36. The van der Waals surface area contributed by atoms with Crippen LogP contribution in [0.4, 0.5) is 0 Å². The third-order valence-electron chi connectivity index (χ3n) is 3.19. The van der Waals surface area contributed by atoms with Crippen LogP contribution in [0, 0.1) is 12.8 Å². The lowest BCUT2D eigenvalue weighted by molar-refractivity contribution is -0.140. The van der Waals surface area contributed by atoms with Crippen LogP contribution in [0.5, 0.6) is 0 Å². The highest BCUT2D eigenvalue weighted by Gasteiger charge is 2.25. The van der Waals surface area contributed by atoms with Gasteiger partial charge in [0.25, 0.3) is 5.91 Å². The third-order valence-corrected chi connectivity index (χ3v) is 3.61. The molecule has 0 aliphatic rings. The summed E-state index contributed by atoms with van der Waals surface area (Å²) in [4.78, 5) is 23.2. The van der Waals surface area contributed by atoms with Gasteiger partial charge in [0.2, 0.25) is 0 Å². The summed E-state index contributed by atoms with van der Waals surface area (Å²) in [5.74, 6) is -1.55. The number of halogens is 1. The molecule has 1 aromatic carbocycles. The van der Waals surface area contributed by atoms with Gasteiger partial charge in [0, 0.05) is 10.6 Å². The molecule has 0 aliphatic heterocycles. The van der Waals surface area contributed by atoms with Gasteiger partial charge in [0.15, 0.2) is 0 Å². The Morgan fingerprint density at radius 2 is 2.05 bits per heavy atom. The molecule has 5 heteroatoms. The Morgan fingerprint density at radius 3 is 2.53 bits per heavy atom. The van der Waals surface area contributed by atoms with E-state index in [4.69, 9.17) is 16.7 Å². The van der Waals surface area contributed by atoms with Crippen LogP contribution in [0.25, 0.3) is 0 Å². The zero-order valence-electron chi connectivity index (χ0n) is 11.2. The van der Waals surface area contributed by atoms with Gasteiger partial charge < -0.3 is 10.4 Å². The SMILES string of the molecule is CC[C@H](C)[C@H](NC(=O)c1ccc(Cl)c(C)c1)C(=O)O. The summed E-state index contributed by atoms with van der Waals surface area (Å²) in [6, 6.07) is 3.98. The standard InChI is InChI=1S/C14H18ClNO3/c1-4-8(2)12(14(18)19)16-13(17)10-5-6-11(15)9(3)7-10/h5-8,12H,4H2,1-3H3,(H,16,17)(H,18,19)/t8-,12-/m0/s1. The summed E-state index contributed by atoms with van der Waals surface area (Å²) in [6.45, 7) is 5.48. The molecule has 0 saturated carbocycles. The van der Waals surface area contributed by atoms with E-state index in [0.29, 0.717) is 17.0 Å². The molecule has 2 N–H and O–H groups in total. The number of rotatable bonds is 5. The number of amides is 1. The summed E-state index contributed by atoms with van der Waals surface area (Å²) >= 11 is 5.89. The Hall–Kier alpha value is -1.55. The maximum absolute atomic E-state index is 12.0. The second-order valence-electron chi connectivity index (χ2n) is 4.64. The van der Waals surface area contributed by atoms with E-state index in [-0.39, 0.29) is 5.92 Å². The predicted molar refractivity (Wildman–Crippen MR) is 74.5 cm³/mol. The maximum atomic E-state index is 12.0. The molecule has 104 valence electrons. The number of carboxylic acid groups (broad SMARTS) is 1. The van der Waals surface area contributed by atoms with Crippen molar-refractivity contribution in [3.05, 3.63) is 34.3 Å². The van der Waals surface area contributed by atoms with Crippen molar-refractivity contribution >= 4 is 23.5 Å². The summed E-state index contributed by atoms with van der Waals surface area (Å²) in [6.07, 6.45) is 0.677. The lowest BCUT2D eigenvalue weighted by Crippen LogP contribution is -2.45. The number of hydrogen-bond donors (Lipinski definition) is 2. The number of aliphatic carboxylic acids is 1. The molecule has 0 unspecified atom stereocenters. The molecule has 0 spiro atoms. The molecule has 0 aromatic heterocycles. The number of hydrogen-bond acceptors (Lipinski definition) is 2. The van der Waals surface area contributed by atoms with Crippen molar-refractivity contribution < 1.29 is 14.7 Å². The largest absolute Gasteiger partial charge is 0.480 e. The molecule has 19 heavy (non-hydrogen) atoms. The van der Waals surface area contributed by atoms with Gasteiger partial charge in [-0.05, 0) is 36.6 Å². The second-order valence-corrected chi connectivity index (χ2v) is 5.05. The second kappa shape index (κ2) is 6.57. The molecule has 0 bridgehead atoms. The summed E-state index contributed by atoms with van der Waals surface area (Å²) in [7, 11) is 0. The zero-order valence-corrected chi connectivity index (χ0v) is 12.0. The van der Waals surface area contributed by atoms with E-state index in [1.54, 1.807) is 32.0 Å². The van der Waals surface area contributed by atoms with Gasteiger partial charge >= 0.3 is 5.97 Å². The summed E-state index contributed by atoms with van der Waals surface area (Å²) < 4.78 is 0. The molecule has 2 atom stereocenters. The first-order valence-electron chi connectivity index (χ1n) is 6.16. The molecule has 1 amide bonds. The van der Waals surface area contributed by atoms with E-state index in [1.807, 2.05) is 6.92 Å². The summed E-state index contributed by atoms with van der Waals surface area (Å²) in [5.41, 5.74) is 1.20. The number of carbonyl (C=O) groups excluding carboxylic acids is 1. The third kappa shape index (κ3) is 3.96. The Balaban J connectivity index is 2.87. The molecule has 1 rings (SSSR count). The first kappa shape index (κ1) is 15.5. The lowest BCUT2D eigenvalue weighted by Gasteiger charge is -2.20.